The molecule has 0 heterocycles. The third-order valence-electron chi connectivity index (χ3n) is 4.82. The molecular weight excluding hydrogens is 302 g/mol. The average Bonchev–Trinajstić information content (AvgIpc) is 2.71. The van der Waals surface area contributed by atoms with Crippen molar-refractivity contribution in [3.05, 3.63) is 115 Å². The number of hydrogen-bond donors (Lipinski definition) is 1. The molecule has 1 radical (unpaired) electrons. The molecule has 1 nitrogen and oxygen atoms in total. The van der Waals surface area contributed by atoms with Crippen molar-refractivity contribution in [2.75, 3.05) is 6.54 Å². The second kappa shape index (κ2) is 8.64. The molecule has 0 saturated heterocycles. The van der Waals surface area contributed by atoms with Gasteiger partial charge in [-0.25, -0.2) is 0 Å². The van der Waals surface area contributed by atoms with Crippen LogP contribution >= 0.6 is 0 Å². The first kappa shape index (κ1) is 17.4. The molecule has 3 aromatic rings. The van der Waals surface area contributed by atoms with Gasteiger partial charge in [0, 0.05) is 0 Å². The summed E-state index contributed by atoms with van der Waals surface area (Å²) in [5.41, 5.74) is 3.70. The Morgan fingerprint density at radius 3 is 1.64 bits per heavy atom. The van der Waals surface area contributed by atoms with Crippen LogP contribution in [0.15, 0.2) is 91.0 Å². The summed E-state index contributed by atoms with van der Waals surface area (Å²) in [5, 5.41) is 3.82. The van der Waals surface area contributed by atoms with E-state index < -0.39 is 0 Å². The minimum atomic E-state index is -0.237. The Morgan fingerprint density at radius 2 is 1.16 bits per heavy atom. The molecule has 0 saturated carbocycles. The average molecular weight is 328 g/mol. The van der Waals surface area contributed by atoms with E-state index in [4.69, 9.17) is 0 Å². The van der Waals surface area contributed by atoms with Crippen LogP contribution in [0.25, 0.3) is 0 Å². The summed E-state index contributed by atoms with van der Waals surface area (Å²) in [4.78, 5) is 0. The van der Waals surface area contributed by atoms with Crippen molar-refractivity contribution in [1.82, 2.24) is 5.32 Å². The van der Waals surface area contributed by atoms with Gasteiger partial charge in [0.25, 0.3) is 0 Å². The second-order valence-corrected chi connectivity index (χ2v) is 6.40. The summed E-state index contributed by atoms with van der Waals surface area (Å²) in [5.74, 6) is 0. The highest BCUT2D eigenvalue weighted by Gasteiger charge is 2.31. The van der Waals surface area contributed by atoms with Crippen LogP contribution < -0.4 is 5.32 Å². The Bertz CT molecular complexity index is 695. The van der Waals surface area contributed by atoms with Crippen molar-refractivity contribution in [1.29, 1.82) is 0 Å². The second-order valence-electron chi connectivity index (χ2n) is 6.40. The molecule has 0 aliphatic rings. The number of benzene rings is 3. The molecule has 25 heavy (non-hydrogen) atoms. The van der Waals surface area contributed by atoms with Crippen molar-refractivity contribution >= 4 is 0 Å². The first-order valence-corrected chi connectivity index (χ1v) is 9.04. The third kappa shape index (κ3) is 4.18. The summed E-state index contributed by atoms with van der Waals surface area (Å²) in [6, 6.07) is 32.0. The maximum atomic E-state index is 4.29. The van der Waals surface area contributed by atoms with Crippen LogP contribution in [0.1, 0.15) is 29.5 Å². The van der Waals surface area contributed by atoms with Gasteiger partial charge < -0.3 is 5.32 Å². The van der Waals surface area contributed by atoms with Crippen molar-refractivity contribution in [2.24, 2.45) is 0 Å². The zero-order valence-electron chi connectivity index (χ0n) is 14.7. The molecule has 1 N–H and O–H groups in total. The molecular formula is C24H26N. The van der Waals surface area contributed by atoms with Crippen LogP contribution in [0.4, 0.5) is 0 Å². The molecule has 0 aromatic heterocycles. The predicted octanol–water partition coefficient (Wildman–Crippen LogP) is 5.38. The lowest BCUT2D eigenvalue weighted by Gasteiger charge is -2.35. The van der Waals surface area contributed by atoms with Crippen LogP contribution in [-0.4, -0.2) is 6.54 Å². The lowest BCUT2D eigenvalue weighted by atomic mass is 9.80. The highest BCUT2D eigenvalue weighted by atomic mass is 15.0. The lowest BCUT2D eigenvalue weighted by Crippen LogP contribution is -2.43. The maximum absolute atomic E-state index is 4.29. The molecule has 0 amide bonds. The summed E-state index contributed by atoms with van der Waals surface area (Å²) >= 11 is 0. The summed E-state index contributed by atoms with van der Waals surface area (Å²) < 4.78 is 0. The molecule has 0 aliphatic heterocycles. The van der Waals surface area contributed by atoms with Gasteiger partial charge in [-0.3, -0.25) is 0 Å². The topological polar surface area (TPSA) is 12.0 Å². The Morgan fingerprint density at radius 1 is 0.680 bits per heavy atom. The Labute approximate surface area is 151 Å². The molecule has 3 aromatic carbocycles. The molecule has 0 aliphatic carbocycles. The standard InChI is InChI=1S/C24H26N/c1-2-24(22-16-8-4-9-17-22,23-18-10-5-11-19-23)25-20-12-15-21-13-6-3-7-14-21/h3-11,13-14,16-19,25H,1-2,12,15,20H2. The monoisotopic (exact) mass is 328 g/mol. The normalized spacial score (nSPS) is 11.4. The highest BCUT2D eigenvalue weighted by molar-refractivity contribution is 5.38. The lowest BCUT2D eigenvalue weighted by molar-refractivity contribution is 0.399. The van der Waals surface area contributed by atoms with Crippen LogP contribution in [0.2, 0.25) is 0 Å². The number of aryl methyl sites for hydroxylation is 1. The van der Waals surface area contributed by atoms with E-state index >= 15 is 0 Å². The van der Waals surface area contributed by atoms with Crippen molar-refractivity contribution in [3.63, 3.8) is 0 Å². The van der Waals surface area contributed by atoms with Gasteiger partial charge in [0.1, 0.15) is 0 Å². The van der Waals surface area contributed by atoms with Gasteiger partial charge in [-0.05, 0) is 42.5 Å². The summed E-state index contributed by atoms with van der Waals surface area (Å²) in [6.45, 7) is 5.24. The fraction of sp³-hybridized carbons (Fsp3) is 0.208. The van der Waals surface area contributed by atoms with Crippen LogP contribution in [0.3, 0.4) is 0 Å². The molecule has 0 unspecified atom stereocenters. The largest absolute Gasteiger partial charge is 0.304 e. The van der Waals surface area contributed by atoms with E-state index in [0.717, 1.165) is 25.8 Å². The van der Waals surface area contributed by atoms with E-state index in [1.807, 2.05) is 0 Å². The van der Waals surface area contributed by atoms with E-state index in [1.165, 1.54) is 16.7 Å². The van der Waals surface area contributed by atoms with Gasteiger partial charge in [-0.1, -0.05) is 97.9 Å². The van der Waals surface area contributed by atoms with Crippen LogP contribution in [0.5, 0.6) is 0 Å². The minimum Gasteiger partial charge on any atom is -0.304 e. The van der Waals surface area contributed by atoms with Gasteiger partial charge in [-0.2, -0.15) is 0 Å². The first-order valence-electron chi connectivity index (χ1n) is 9.04. The van der Waals surface area contributed by atoms with E-state index in [1.54, 1.807) is 0 Å². The summed E-state index contributed by atoms with van der Waals surface area (Å²) in [6.07, 6.45) is 2.96. The molecule has 1 heteroatoms. The van der Waals surface area contributed by atoms with E-state index in [9.17, 15) is 0 Å². The Hall–Kier alpha value is -2.38. The molecule has 127 valence electrons. The fourth-order valence-corrected chi connectivity index (χ4v) is 3.43. The molecule has 0 spiro atoms. The summed E-state index contributed by atoms with van der Waals surface area (Å²) in [7, 11) is 0. The molecule has 0 bridgehead atoms. The van der Waals surface area contributed by atoms with Crippen LogP contribution in [-0.2, 0) is 12.0 Å². The van der Waals surface area contributed by atoms with Crippen molar-refractivity contribution in [3.8, 4) is 0 Å². The number of hydrogen-bond acceptors (Lipinski definition) is 1. The Balaban J connectivity index is 1.77. The highest BCUT2D eigenvalue weighted by Crippen LogP contribution is 2.32. The van der Waals surface area contributed by atoms with Crippen molar-refractivity contribution in [2.45, 2.75) is 24.8 Å². The Kier molecular flexibility index (Phi) is 6.03. The van der Waals surface area contributed by atoms with Gasteiger partial charge in [0.05, 0.1) is 5.54 Å². The first-order chi connectivity index (χ1) is 12.3. The fourth-order valence-electron chi connectivity index (χ4n) is 3.43. The SMILES string of the molecule is [CH2]CC(NCCCc1ccccc1)(c1ccccc1)c1ccccc1. The number of rotatable bonds is 8. The predicted molar refractivity (Wildman–Crippen MR) is 106 cm³/mol. The minimum absolute atomic E-state index is 0.237. The van der Waals surface area contributed by atoms with E-state index in [0.29, 0.717) is 0 Å². The molecule has 0 atom stereocenters. The van der Waals surface area contributed by atoms with Crippen molar-refractivity contribution < 1.29 is 0 Å². The van der Waals surface area contributed by atoms with Gasteiger partial charge in [0.2, 0.25) is 0 Å². The van der Waals surface area contributed by atoms with Crippen LogP contribution in [0, 0.1) is 6.92 Å². The maximum Gasteiger partial charge on any atom is 0.0690 e. The smallest absolute Gasteiger partial charge is 0.0690 e. The molecule has 0 fully saturated rings. The quantitative estimate of drug-likeness (QED) is 0.548. The molecule has 3 rings (SSSR count). The van der Waals surface area contributed by atoms with Gasteiger partial charge in [0.15, 0.2) is 0 Å². The number of nitrogens with one attached hydrogen (secondary N) is 1. The zero-order chi connectivity index (χ0) is 17.4. The zero-order valence-corrected chi connectivity index (χ0v) is 14.7. The van der Waals surface area contributed by atoms with E-state index in [2.05, 4.69) is 103 Å². The van der Waals surface area contributed by atoms with Gasteiger partial charge >= 0.3 is 0 Å². The third-order valence-corrected chi connectivity index (χ3v) is 4.82. The van der Waals surface area contributed by atoms with E-state index in [-0.39, 0.29) is 5.54 Å². The van der Waals surface area contributed by atoms with Gasteiger partial charge in [-0.15, -0.1) is 0 Å².